The average molecular weight is 337 g/mol. The van der Waals surface area contributed by atoms with Gasteiger partial charge in [0.25, 0.3) is 0 Å². The van der Waals surface area contributed by atoms with Crippen molar-refractivity contribution in [3.63, 3.8) is 0 Å². The molecule has 2 saturated carbocycles. The molecule has 2 aliphatic rings. The molecule has 0 bridgehead atoms. The molecule has 128 valence electrons. The Morgan fingerprint density at radius 1 is 1.24 bits per heavy atom. The summed E-state index contributed by atoms with van der Waals surface area (Å²) in [5, 5.41) is 5.39. The largest absolute Gasteiger partial charge is 0.330 e. The number of pyridine rings is 2. The van der Waals surface area contributed by atoms with Crippen LogP contribution in [-0.4, -0.2) is 26.3 Å². The summed E-state index contributed by atoms with van der Waals surface area (Å²) in [5.74, 6) is 0.762. The van der Waals surface area contributed by atoms with Crippen LogP contribution in [0.15, 0.2) is 30.7 Å². The average Bonchev–Trinajstić information content (AvgIpc) is 3.35. The number of nitrogens with two attached hydrogens (primary N) is 1. The highest BCUT2D eigenvalue weighted by atomic mass is 19.1. The first kappa shape index (κ1) is 15.0. The summed E-state index contributed by atoms with van der Waals surface area (Å²) in [4.78, 5) is 8.78. The van der Waals surface area contributed by atoms with E-state index in [1.165, 1.54) is 6.20 Å². The number of aromatic nitrogens is 4. The first-order valence-corrected chi connectivity index (χ1v) is 8.93. The lowest BCUT2D eigenvalue weighted by Crippen LogP contribution is -2.32. The SMILES string of the molecule is NC[C@H]1C[C@H](n2cc(-c3ncc(F)c4cccnc34)c(C3CC3)n2)C1. The highest BCUT2D eigenvalue weighted by molar-refractivity contribution is 5.92. The van der Waals surface area contributed by atoms with Crippen LogP contribution in [0, 0.1) is 11.7 Å². The van der Waals surface area contributed by atoms with Gasteiger partial charge in [-0.25, -0.2) is 4.39 Å². The van der Waals surface area contributed by atoms with E-state index in [1.54, 1.807) is 18.3 Å². The highest BCUT2D eigenvalue weighted by Gasteiger charge is 2.35. The van der Waals surface area contributed by atoms with Crippen LogP contribution in [-0.2, 0) is 0 Å². The topological polar surface area (TPSA) is 69.6 Å². The van der Waals surface area contributed by atoms with Gasteiger partial charge in [-0.3, -0.25) is 14.6 Å². The van der Waals surface area contributed by atoms with Gasteiger partial charge in [0, 0.05) is 29.3 Å². The zero-order chi connectivity index (χ0) is 17.0. The van der Waals surface area contributed by atoms with E-state index in [2.05, 4.69) is 20.8 Å². The number of nitrogens with zero attached hydrogens (tertiary/aromatic N) is 4. The van der Waals surface area contributed by atoms with E-state index in [0.29, 0.717) is 28.8 Å². The zero-order valence-electron chi connectivity index (χ0n) is 13.9. The highest BCUT2D eigenvalue weighted by Crippen LogP contribution is 2.46. The van der Waals surface area contributed by atoms with Crippen molar-refractivity contribution >= 4 is 10.9 Å². The molecule has 3 heterocycles. The van der Waals surface area contributed by atoms with Crippen LogP contribution in [0.25, 0.3) is 22.2 Å². The second-order valence-electron chi connectivity index (χ2n) is 7.26. The fourth-order valence-corrected chi connectivity index (χ4v) is 3.78. The minimum atomic E-state index is -0.336. The number of hydrogen-bond acceptors (Lipinski definition) is 4. The summed E-state index contributed by atoms with van der Waals surface area (Å²) in [6.07, 6.45) is 9.54. The molecule has 25 heavy (non-hydrogen) atoms. The molecule has 0 unspecified atom stereocenters. The van der Waals surface area contributed by atoms with Crippen LogP contribution in [0.1, 0.15) is 43.3 Å². The molecule has 3 aromatic heterocycles. The number of fused-ring (bicyclic) bond motifs is 1. The standard InChI is InChI=1S/C19H20FN5/c20-16-9-23-19(18-14(16)2-1-5-22-18)15-10-25(13-6-11(7-13)8-21)24-17(15)12-3-4-12/h1-2,5,9-13H,3-4,6-8,21H2/t11-,13-. The predicted octanol–water partition coefficient (Wildman–Crippen LogP) is 3.42. The third kappa shape index (κ3) is 2.43. The first-order chi connectivity index (χ1) is 12.2. The summed E-state index contributed by atoms with van der Waals surface area (Å²) in [6.45, 7) is 0.744. The molecule has 5 rings (SSSR count). The van der Waals surface area contributed by atoms with Crippen molar-refractivity contribution in [3.05, 3.63) is 42.2 Å². The van der Waals surface area contributed by atoms with Crippen molar-refractivity contribution < 1.29 is 4.39 Å². The van der Waals surface area contributed by atoms with Crippen LogP contribution in [0.4, 0.5) is 4.39 Å². The molecule has 0 spiro atoms. The zero-order valence-corrected chi connectivity index (χ0v) is 13.9. The lowest BCUT2D eigenvalue weighted by molar-refractivity contribution is 0.189. The van der Waals surface area contributed by atoms with Crippen LogP contribution in [0.5, 0.6) is 0 Å². The van der Waals surface area contributed by atoms with Crippen LogP contribution in [0.3, 0.4) is 0 Å². The van der Waals surface area contributed by atoms with Gasteiger partial charge in [-0.1, -0.05) is 0 Å². The second kappa shape index (κ2) is 5.59. The van der Waals surface area contributed by atoms with Gasteiger partial charge >= 0.3 is 0 Å². The van der Waals surface area contributed by atoms with E-state index in [-0.39, 0.29) is 5.82 Å². The fraction of sp³-hybridized carbons (Fsp3) is 0.421. The Labute approximate surface area is 145 Å². The summed E-state index contributed by atoms with van der Waals surface area (Å²) in [7, 11) is 0. The first-order valence-electron chi connectivity index (χ1n) is 8.93. The van der Waals surface area contributed by atoms with Gasteiger partial charge in [0.2, 0.25) is 0 Å². The fourth-order valence-electron chi connectivity index (χ4n) is 3.78. The van der Waals surface area contributed by atoms with Gasteiger partial charge in [0.05, 0.1) is 23.4 Å². The van der Waals surface area contributed by atoms with Crippen molar-refractivity contribution in [1.82, 2.24) is 19.7 Å². The third-order valence-electron chi connectivity index (χ3n) is 5.49. The summed E-state index contributed by atoms with van der Waals surface area (Å²) >= 11 is 0. The molecular weight excluding hydrogens is 317 g/mol. The van der Waals surface area contributed by atoms with E-state index < -0.39 is 0 Å². The van der Waals surface area contributed by atoms with E-state index in [1.807, 2.05) is 0 Å². The van der Waals surface area contributed by atoms with Gasteiger partial charge in [-0.05, 0) is 50.3 Å². The summed E-state index contributed by atoms with van der Waals surface area (Å²) < 4.78 is 16.2. The molecule has 2 aliphatic carbocycles. The molecule has 3 aromatic rings. The lowest BCUT2D eigenvalue weighted by Gasteiger charge is -2.34. The summed E-state index contributed by atoms with van der Waals surface area (Å²) in [5.41, 5.74) is 9.18. The van der Waals surface area contributed by atoms with Crippen LogP contribution in [0.2, 0.25) is 0 Å². The van der Waals surface area contributed by atoms with Gasteiger partial charge in [0.1, 0.15) is 5.69 Å². The van der Waals surface area contributed by atoms with Crippen molar-refractivity contribution in [2.24, 2.45) is 11.7 Å². The van der Waals surface area contributed by atoms with Crippen LogP contribution >= 0.6 is 0 Å². The van der Waals surface area contributed by atoms with Gasteiger partial charge < -0.3 is 5.73 Å². The Bertz CT molecular complexity index is 940. The lowest BCUT2D eigenvalue weighted by atomic mass is 9.80. The van der Waals surface area contributed by atoms with Crippen LogP contribution < -0.4 is 5.73 Å². The molecule has 5 nitrogen and oxygen atoms in total. The van der Waals surface area contributed by atoms with E-state index in [0.717, 1.165) is 49.2 Å². The van der Waals surface area contributed by atoms with Crippen molar-refractivity contribution in [1.29, 1.82) is 0 Å². The van der Waals surface area contributed by atoms with Crippen molar-refractivity contribution in [3.8, 4) is 11.3 Å². The Kier molecular flexibility index (Phi) is 3.35. The van der Waals surface area contributed by atoms with Crippen molar-refractivity contribution in [2.75, 3.05) is 6.54 Å². The number of hydrogen-bond donors (Lipinski definition) is 1. The molecule has 0 atom stereocenters. The molecule has 2 fully saturated rings. The molecule has 2 N–H and O–H groups in total. The van der Waals surface area contributed by atoms with Gasteiger partial charge in [-0.15, -0.1) is 0 Å². The van der Waals surface area contributed by atoms with Gasteiger partial charge in [0.15, 0.2) is 5.82 Å². The third-order valence-corrected chi connectivity index (χ3v) is 5.49. The molecule has 0 saturated heterocycles. The minimum Gasteiger partial charge on any atom is -0.330 e. The maximum absolute atomic E-state index is 14.1. The van der Waals surface area contributed by atoms with E-state index in [4.69, 9.17) is 10.8 Å². The number of halogens is 1. The van der Waals surface area contributed by atoms with E-state index in [9.17, 15) is 4.39 Å². The Morgan fingerprint density at radius 2 is 2.08 bits per heavy atom. The Hall–Kier alpha value is -2.34. The van der Waals surface area contributed by atoms with Gasteiger partial charge in [-0.2, -0.15) is 5.10 Å². The molecule has 0 amide bonds. The maximum Gasteiger partial charge on any atom is 0.150 e. The molecule has 6 heteroatoms. The van der Waals surface area contributed by atoms with E-state index >= 15 is 0 Å². The van der Waals surface area contributed by atoms with Crippen molar-refractivity contribution in [2.45, 2.75) is 37.6 Å². The quantitative estimate of drug-likeness (QED) is 0.792. The summed E-state index contributed by atoms with van der Waals surface area (Å²) in [6, 6.07) is 3.92. The second-order valence-corrected chi connectivity index (χ2v) is 7.26. The number of rotatable bonds is 4. The molecular formula is C19H20FN5. The monoisotopic (exact) mass is 337 g/mol. The maximum atomic E-state index is 14.1. The molecule has 0 aromatic carbocycles. The Morgan fingerprint density at radius 3 is 2.84 bits per heavy atom. The molecule has 0 radical (unpaired) electrons. The normalized spacial score (nSPS) is 23.0. The minimum absolute atomic E-state index is 0.336. The smallest absolute Gasteiger partial charge is 0.150 e. The molecule has 0 aliphatic heterocycles. The predicted molar refractivity (Wildman–Crippen MR) is 93.5 cm³/mol. The Balaban J connectivity index is 1.62.